The quantitative estimate of drug-likeness (QED) is 0.474. The fraction of sp³-hybridized carbons (Fsp3) is 0.227. The second kappa shape index (κ2) is 7.12. The zero-order valence-corrected chi connectivity index (χ0v) is 15.8. The van der Waals surface area contributed by atoms with Gasteiger partial charge in [-0.05, 0) is 31.0 Å². The summed E-state index contributed by atoms with van der Waals surface area (Å²) in [6.07, 6.45) is -4.37. The summed E-state index contributed by atoms with van der Waals surface area (Å²) in [7, 11) is 0. The molecule has 8 heteroatoms. The van der Waals surface area contributed by atoms with Gasteiger partial charge in [-0.25, -0.2) is 4.79 Å². The molecule has 1 atom stereocenters. The maximum Gasteiger partial charge on any atom is 0.417 e. The van der Waals surface area contributed by atoms with Crippen molar-refractivity contribution >= 4 is 28.5 Å². The maximum absolute atomic E-state index is 13.2. The number of aryl methyl sites for hydroxylation is 1. The van der Waals surface area contributed by atoms with Crippen LogP contribution in [0.5, 0.6) is 0 Å². The van der Waals surface area contributed by atoms with Crippen LogP contribution in [0, 0.1) is 12.8 Å². The molecule has 0 saturated carbocycles. The highest BCUT2D eigenvalue weighted by molar-refractivity contribution is 6.21. The van der Waals surface area contributed by atoms with Gasteiger partial charge in [-0.3, -0.25) is 14.5 Å². The number of imide groups is 1. The number of amides is 2. The van der Waals surface area contributed by atoms with Gasteiger partial charge in [0.15, 0.2) is 0 Å². The fourth-order valence-electron chi connectivity index (χ4n) is 3.66. The van der Waals surface area contributed by atoms with E-state index in [2.05, 4.69) is 0 Å². The van der Waals surface area contributed by atoms with Crippen molar-refractivity contribution in [1.82, 2.24) is 0 Å². The first-order valence-corrected chi connectivity index (χ1v) is 9.21. The van der Waals surface area contributed by atoms with Crippen LogP contribution in [0.2, 0.25) is 0 Å². The van der Waals surface area contributed by atoms with Crippen LogP contribution in [0.4, 0.5) is 18.9 Å². The van der Waals surface area contributed by atoms with E-state index in [1.807, 2.05) is 31.2 Å². The van der Waals surface area contributed by atoms with E-state index >= 15 is 0 Å². The molecule has 0 aliphatic carbocycles. The summed E-state index contributed by atoms with van der Waals surface area (Å²) in [4.78, 5) is 37.9. The Kier molecular flexibility index (Phi) is 4.72. The lowest BCUT2D eigenvalue weighted by molar-refractivity contribution is -0.136. The van der Waals surface area contributed by atoms with Gasteiger partial charge < -0.3 is 4.42 Å². The molecule has 3 aromatic rings. The zero-order chi connectivity index (χ0) is 21.6. The molecule has 1 fully saturated rings. The van der Waals surface area contributed by atoms with E-state index in [4.69, 9.17) is 4.42 Å². The van der Waals surface area contributed by atoms with Crippen LogP contribution in [0.3, 0.4) is 0 Å². The Morgan fingerprint density at radius 2 is 1.73 bits per heavy atom. The number of alkyl halides is 3. The van der Waals surface area contributed by atoms with Crippen LogP contribution in [0.25, 0.3) is 11.0 Å². The van der Waals surface area contributed by atoms with E-state index in [9.17, 15) is 27.6 Å². The largest absolute Gasteiger partial charge is 0.423 e. The predicted octanol–water partition coefficient (Wildman–Crippen LogP) is 4.24. The molecule has 2 heterocycles. The highest BCUT2D eigenvalue weighted by Crippen LogP contribution is 2.36. The summed E-state index contributed by atoms with van der Waals surface area (Å²) in [5.74, 6) is -1.45. The molecule has 4 rings (SSSR count). The highest BCUT2D eigenvalue weighted by Gasteiger charge is 2.40. The second-order valence-corrected chi connectivity index (χ2v) is 7.32. The standard InChI is InChI=1S/C22H16F3NO4/c1-12-2-4-13(5-3-12)8-14-9-19(27)26(21(14)29)15-6-7-16-17(22(23,24)25)11-20(28)30-18(16)10-15/h2-7,10-11,14H,8-9H2,1H3/t14-/m0/s1. The molecule has 30 heavy (non-hydrogen) atoms. The van der Waals surface area contributed by atoms with Crippen LogP contribution >= 0.6 is 0 Å². The molecule has 0 bridgehead atoms. The van der Waals surface area contributed by atoms with Crippen molar-refractivity contribution in [1.29, 1.82) is 0 Å². The third-order valence-corrected chi connectivity index (χ3v) is 5.13. The molecule has 5 nitrogen and oxygen atoms in total. The van der Waals surface area contributed by atoms with Gasteiger partial charge in [0, 0.05) is 23.9 Å². The average molecular weight is 415 g/mol. The third-order valence-electron chi connectivity index (χ3n) is 5.13. The number of carbonyl (C=O) groups is 2. The van der Waals surface area contributed by atoms with Crippen molar-refractivity contribution < 1.29 is 27.2 Å². The summed E-state index contributed by atoms with van der Waals surface area (Å²) in [5, 5.41) is -0.318. The molecule has 1 saturated heterocycles. The molecule has 1 aliphatic rings. The molecular weight excluding hydrogens is 399 g/mol. The van der Waals surface area contributed by atoms with Crippen LogP contribution in [0.15, 0.2) is 57.7 Å². The maximum atomic E-state index is 13.2. The Hall–Kier alpha value is -3.42. The summed E-state index contributed by atoms with van der Waals surface area (Å²) >= 11 is 0. The molecule has 0 unspecified atom stereocenters. The molecule has 1 aliphatic heterocycles. The van der Waals surface area contributed by atoms with Crippen molar-refractivity contribution in [2.75, 3.05) is 4.90 Å². The number of benzene rings is 2. The van der Waals surface area contributed by atoms with Gasteiger partial charge in [0.2, 0.25) is 11.8 Å². The van der Waals surface area contributed by atoms with E-state index in [0.717, 1.165) is 28.2 Å². The molecule has 154 valence electrons. The second-order valence-electron chi connectivity index (χ2n) is 7.32. The lowest BCUT2D eigenvalue weighted by atomic mass is 9.97. The van der Waals surface area contributed by atoms with Crippen molar-refractivity contribution in [3.63, 3.8) is 0 Å². The van der Waals surface area contributed by atoms with Crippen molar-refractivity contribution in [2.45, 2.75) is 25.9 Å². The molecule has 2 amide bonds. The Morgan fingerprint density at radius 1 is 1.03 bits per heavy atom. The first-order chi connectivity index (χ1) is 14.1. The first-order valence-electron chi connectivity index (χ1n) is 9.21. The van der Waals surface area contributed by atoms with Crippen LogP contribution < -0.4 is 10.5 Å². The molecule has 0 radical (unpaired) electrons. The number of anilines is 1. The lowest BCUT2D eigenvalue weighted by Gasteiger charge is -2.16. The average Bonchev–Trinajstić information content (AvgIpc) is 2.95. The van der Waals surface area contributed by atoms with Crippen molar-refractivity contribution in [2.24, 2.45) is 5.92 Å². The third kappa shape index (κ3) is 3.60. The predicted molar refractivity (Wildman–Crippen MR) is 103 cm³/mol. The van der Waals surface area contributed by atoms with Crippen molar-refractivity contribution in [3.8, 4) is 0 Å². The van der Waals surface area contributed by atoms with Gasteiger partial charge in [-0.15, -0.1) is 0 Å². The monoisotopic (exact) mass is 415 g/mol. The van der Waals surface area contributed by atoms with Gasteiger partial charge in [0.1, 0.15) is 5.58 Å². The van der Waals surface area contributed by atoms with Gasteiger partial charge in [-0.1, -0.05) is 29.8 Å². The van der Waals surface area contributed by atoms with E-state index in [1.165, 1.54) is 6.07 Å². The number of rotatable bonds is 3. The van der Waals surface area contributed by atoms with E-state index in [-0.39, 0.29) is 23.1 Å². The van der Waals surface area contributed by atoms with Crippen molar-refractivity contribution in [3.05, 3.63) is 75.6 Å². The Labute approximate surface area is 168 Å². The van der Waals surface area contributed by atoms with Gasteiger partial charge >= 0.3 is 11.8 Å². The van der Waals surface area contributed by atoms with Crippen LogP contribution in [-0.2, 0) is 22.2 Å². The van der Waals surface area contributed by atoms with Crippen LogP contribution in [0.1, 0.15) is 23.1 Å². The molecule has 1 aromatic heterocycles. The minimum absolute atomic E-state index is 0.00269. The SMILES string of the molecule is Cc1ccc(C[C@H]2CC(=O)N(c3ccc4c(C(F)(F)F)cc(=O)oc4c3)C2=O)cc1. The minimum atomic E-state index is -4.74. The fourth-order valence-corrected chi connectivity index (χ4v) is 3.66. The number of hydrogen-bond donors (Lipinski definition) is 0. The Balaban J connectivity index is 1.68. The topological polar surface area (TPSA) is 67.6 Å². The summed E-state index contributed by atoms with van der Waals surface area (Å²) in [6, 6.07) is 11.5. The molecular formula is C22H16F3NO4. The minimum Gasteiger partial charge on any atom is -0.423 e. The Morgan fingerprint density at radius 3 is 2.40 bits per heavy atom. The number of nitrogens with zero attached hydrogens (tertiary/aromatic N) is 1. The van der Waals surface area contributed by atoms with E-state index in [1.54, 1.807) is 0 Å². The van der Waals surface area contributed by atoms with E-state index in [0.29, 0.717) is 12.5 Å². The molecule has 0 spiro atoms. The van der Waals surface area contributed by atoms with E-state index < -0.39 is 35.1 Å². The number of hydrogen-bond acceptors (Lipinski definition) is 4. The Bertz CT molecular complexity index is 1210. The van der Waals surface area contributed by atoms with Crippen LogP contribution in [-0.4, -0.2) is 11.8 Å². The summed E-state index contributed by atoms with van der Waals surface area (Å²) < 4.78 is 44.5. The van der Waals surface area contributed by atoms with Gasteiger partial charge in [0.05, 0.1) is 17.2 Å². The summed E-state index contributed by atoms with van der Waals surface area (Å²) in [5.41, 5.74) is -0.570. The lowest BCUT2D eigenvalue weighted by Crippen LogP contribution is -2.30. The van der Waals surface area contributed by atoms with Gasteiger partial charge in [-0.2, -0.15) is 13.2 Å². The van der Waals surface area contributed by atoms with Gasteiger partial charge in [0.25, 0.3) is 0 Å². The number of fused-ring (bicyclic) bond motifs is 1. The first kappa shape index (κ1) is 19.9. The highest BCUT2D eigenvalue weighted by atomic mass is 19.4. The summed E-state index contributed by atoms with van der Waals surface area (Å²) in [6.45, 7) is 1.94. The number of halogens is 3. The molecule has 2 aromatic carbocycles. The number of carbonyl (C=O) groups excluding carboxylic acids is 2. The smallest absolute Gasteiger partial charge is 0.417 e. The normalized spacial score (nSPS) is 17.2. The zero-order valence-electron chi connectivity index (χ0n) is 15.8. The molecule has 0 N–H and O–H groups in total.